The van der Waals surface area contributed by atoms with Gasteiger partial charge in [0, 0.05) is 11.7 Å². The second-order valence-electron chi connectivity index (χ2n) is 4.97. The van der Waals surface area contributed by atoms with Crippen molar-refractivity contribution in [2.75, 3.05) is 11.9 Å². The first-order valence-corrected chi connectivity index (χ1v) is 6.46. The Labute approximate surface area is 112 Å². The molecular weight excluding hydrogens is 242 g/mol. The predicted molar refractivity (Wildman–Crippen MR) is 74.1 cm³/mol. The van der Waals surface area contributed by atoms with Crippen LogP contribution in [0.2, 0.25) is 0 Å². The molecule has 5 heteroatoms. The number of urea groups is 1. The number of hydrogen-bond acceptors (Lipinski definition) is 2. The van der Waals surface area contributed by atoms with Gasteiger partial charge in [0.25, 0.3) is 0 Å². The normalized spacial score (nSPS) is 13.8. The van der Waals surface area contributed by atoms with Gasteiger partial charge in [0.15, 0.2) is 0 Å². The molecule has 0 aliphatic heterocycles. The van der Waals surface area contributed by atoms with Crippen molar-refractivity contribution in [1.29, 1.82) is 0 Å². The van der Waals surface area contributed by atoms with E-state index in [0.717, 1.165) is 29.7 Å². The molecule has 5 nitrogen and oxygen atoms in total. The number of carbonyl (C=O) groups is 2. The zero-order valence-electron chi connectivity index (χ0n) is 11.2. The number of aryl methyl sites for hydroxylation is 2. The molecule has 3 N–H and O–H groups in total. The van der Waals surface area contributed by atoms with Gasteiger partial charge in [0.2, 0.25) is 5.91 Å². The maximum absolute atomic E-state index is 11.7. The summed E-state index contributed by atoms with van der Waals surface area (Å²) in [7, 11) is 0. The Balaban J connectivity index is 1.79. The van der Waals surface area contributed by atoms with Gasteiger partial charge in [-0.3, -0.25) is 4.79 Å². The van der Waals surface area contributed by atoms with E-state index in [-0.39, 0.29) is 18.5 Å². The van der Waals surface area contributed by atoms with E-state index in [4.69, 9.17) is 0 Å². The third kappa shape index (κ3) is 4.28. The van der Waals surface area contributed by atoms with Gasteiger partial charge in [-0.15, -0.1) is 0 Å². The van der Waals surface area contributed by atoms with E-state index in [1.54, 1.807) is 0 Å². The molecule has 0 saturated heterocycles. The van der Waals surface area contributed by atoms with Crippen LogP contribution in [0.15, 0.2) is 18.2 Å². The van der Waals surface area contributed by atoms with Gasteiger partial charge in [-0.1, -0.05) is 12.1 Å². The molecule has 1 aliphatic rings. The first-order valence-electron chi connectivity index (χ1n) is 6.46. The SMILES string of the molecule is Cc1ccc(C)c(NC(=O)CNC(=O)NC2CC2)c1. The summed E-state index contributed by atoms with van der Waals surface area (Å²) in [5, 5.41) is 8.10. The number of nitrogens with one attached hydrogen (secondary N) is 3. The van der Waals surface area contributed by atoms with Crippen LogP contribution in [0.5, 0.6) is 0 Å². The highest BCUT2D eigenvalue weighted by molar-refractivity contribution is 5.95. The van der Waals surface area contributed by atoms with Gasteiger partial charge < -0.3 is 16.0 Å². The minimum absolute atomic E-state index is 0.0219. The Morgan fingerprint density at radius 3 is 2.68 bits per heavy atom. The predicted octanol–water partition coefficient (Wildman–Crippen LogP) is 1.70. The summed E-state index contributed by atoms with van der Waals surface area (Å²) in [5.41, 5.74) is 2.87. The van der Waals surface area contributed by atoms with Crippen molar-refractivity contribution in [3.63, 3.8) is 0 Å². The Bertz CT molecular complexity index is 495. The second-order valence-corrected chi connectivity index (χ2v) is 4.97. The Hall–Kier alpha value is -2.04. The van der Waals surface area contributed by atoms with E-state index in [0.29, 0.717) is 6.04 Å². The summed E-state index contributed by atoms with van der Waals surface area (Å²) in [5.74, 6) is -0.223. The highest BCUT2D eigenvalue weighted by atomic mass is 16.2. The van der Waals surface area contributed by atoms with Gasteiger partial charge in [-0.2, -0.15) is 0 Å². The fourth-order valence-electron chi connectivity index (χ4n) is 1.69. The van der Waals surface area contributed by atoms with Crippen LogP contribution in [0, 0.1) is 13.8 Å². The summed E-state index contributed by atoms with van der Waals surface area (Å²) < 4.78 is 0. The van der Waals surface area contributed by atoms with E-state index in [1.165, 1.54) is 0 Å². The van der Waals surface area contributed by atoms with Gasteiger partial charge in [-0.25, -0.2) is 4.79 Å². The number of amides is 3. The number of benzene rings is 1. The summed E-state index contributed by atoms with van der Waals surface area (Å²) in [6, 6.07) is 5.88. The number of carbonyl (C=O) groups excluding carboxylic acids is 2. The summed E-state index contributed by atoms with van der Waals surface area (Å²) in [4.78, 5) is 23.1. The molecule has 0 heterocycles. The molecule has 19 heavy (non-hydrogen) atoms. The quantitative estimate of drug-likeness (QED) is 0.772. The molecule has 0 radical (unpaired) electrons. The molecule has 1 saturated carbocycles. The molecule has 2 rings (SSSR count). The van der Waals surface area contributed by atoms with E-state index < -0.39 is 0 Å². The molecule has 102 valence electrons. The van der Waals surface area contributed by atoms with Crippen LogP contribution >= 0.6 is 0 Å². The van der Waals surface area contributed by atoms with Crippen LogP contribution in [0.25, 0.3) is 0 Å². The lowest BCUT2D eigenvalue weighted by molar-refractivity contribution is -0.115. The molecule has 0 bridgehead atoms. The van der Waals surface area contributed by atoms with Crippen molar-refractivity contribution in [2.24, 2.45) is 0 Å². The van der Waals surface area contributed by atoms with Crippen molar-refractivity contribution in [1.82, 2.24) is 10.6 Å². The highest BCUT2D eigenvalue weighted by Gasteiger charge is 2.23. The van der Waals surface area contributed by atoms with Crippen molar-refractivity contribution >= 4 is 17.6 Å². The number of rotatable bonds is 4. The smallest absolute Gasteiger partial charge is 0.315 e. The van der Waals surface area contributed by atoms with Crippen LogP contribution in [-0.4, -0.2) is 24.5 Å². The Morgan fingerprint density at radius 2 is 2.00 bits per heavy atom. The average molecular weight is 261 g/mol. The first-order chi connectivity index (χ1) is 9.04. The minimum Gasteiger partial charge on any atom is -0.335 e. The molecule has 0 spiro atoms. The van der Waals surface area contributed by atoms with Crippen molar-refractivity contribution in [2.45, 2.75) is 32.7 Å². The Morgan fingerprint density at radius 1 is 1.26 bits per heavy atom. The average Bonchev–Trinajstić information content (AvgIpc) is 3.15. The Kier molecular flexibility index (Phi) is 4.04. The fourth-order valence-corrected chi connectivity index (χ4v) is 1.69. The largest absolute Gasteiger partial charge is 0.335 e. The standard InChI is InChI=1S/C14H19N3O2/c1-9-3-4-10(2)12(7-9)17-13(18)8-15-14(19)16-11-5-6-11/h3-4,7,11H,5-6,8H2,1-2H3,(H,17,18)(H2,15,16,19). The topological polar surface area (TPSA) is 70.2 Å². The fraction of sp³-hybridized carbons (Fsp3) is 0.429. The monoisotopic (exact) mass is 261 g/mol. The van der Waals surface area contributed by atoms with Crippen molar-refractivity contribution in [3.8, 4) is 0 Å². The number of hydrogen-bond donors (Lipinski definition) is 3. The molecule has 3 amide bonds. The van der Waals surface area contributed by atoms with Gasteiger partial charge in [0.1, 0.15) is 0 Å². The molecule has 1 aromatic rings. The molecule has 0 aromatic heterocycles. The van der Waals surface area contributed by atoms with Crippen LogP contribution in [-0.2, 0) is 4.79 Å². The summed E-state index contributed by atoms with van der Waals surface area (Å²) >= 11 is 0. The zero-order chi connectivity index (χ0) is 13.8. The third-order valence-corrected chi connectivity index (χ3v) is 2.99. The summed E-state index contributed by atoms with van der Waals surface area (Å²) in [6.45, 7) is 3.88. The minimum atomic E-state index is -0.279. The lowest BCUT2D eigenvalue weighted by Gasteiger charge is -2.10. The van der Waals surface area contributed by atoms with E-state index in [9.17, 15) is 9.59 Å². The molecule has 0 atom stereocenters. The molecule has 0 unspecified atom stereocenters. The van der Waals surface area contributed by atoms with Crippen molar-refractivity contribution < 1.29 is 9.59 Å². The maximum Gasteiger partial charge on any atom is 0.315 e. The summed E-state index contributed by atoms with van der Waals surface area (Å²) in [6.07, 6.45) is 2.06. The molecule has 1 aromatic carbocycles. The maximum atomic E-state index is 11.7. The van der Waals surface area contributed by atoms with Gasteiger partial charge >= 0.3 is 6.03 Å². The zero-order valence-corrected chi connectivity index (χ0v) is 11.2. The lowest BCUT2D eigenvalue weighted by Crippen LogP contribution is -2.40. The van der Waals surface area contributed by atoms with Crippen LogP contribution < -0.4 is 16.0 Å². The van der Waals surface area contributed by atoms with Crippen molar-refractivity contribution in [3.05, 3.63) is 29.3 Å². The lowest BCUT2D eigenvalue weighted by atomic mass is 10.1. The molecule has 1 fully saturated rings. The van der Waals surface area contributed by atoms with Crippen LogP contribution in [0.1, 0.15) is 24.0 Å². The van der Waals surface area contributed by atoms with Gasteiger partial charge in [-0.05, 0) is 43.9 Å². The number of anilines is 1. The first kappa shape index (κ1) is 13.4. The molecule has 1 aliphatic carbocycles. The highest BCUT2D eigenvalue weighted by Crippen LogP contribution is 2.18. The van der Waals surface area contributed by atoms with Crippen LogP contribution in [0.3, 0.4) is 0 Å². The van der Waals surface area contributed by atoms with E-state index >= 15 is 0 Å². The molecular formula is C14H19N3O2. The van der Waals surface area contributed by atoms with E-state index in [1.807, 2.05) is 32.0 Å². The second kappa shape index (κ2) is 5.73. The van der Waals surface area contributed by atoms with Gasteiger partial charge in [0.05, 0.1) is 6.54 Å². The van der Waals surface area contributed by atoms with Crippen LogP contribution in [0.4, 0.5) is 10.5 Å². The third-order valence-electron chi connectivity index (χ3n) is 2.99. The van der Waals surface area contributed by atoms with E-state index in [2.05, 4.69) is 16.0 Å².